The van der Waals surface area contributed by atoms with Gasteiger partial charge in [-0.3, -0.25) is 0 Å². The molecule has 6 rings (SSSR count). The summed E-state index contributed by atoms with van der Waals surface area (Å²) in [5.74, 6) is 3.08. The fraction of sp³-hybridized carbons (Fsp3) is 0.348. The number of benzene rings is 1. The lowest BCUT2D eigenvalue weighted by molar-refractivity contribution is 0.00520. The van der Waals surface area contributed by atoms with Crippen molar-refractivity contribution in [3.63, 3.8) is 0 Å². The first-order valence-electron chi connectivity index (χ1n) is 10.8. The van der Waals surface area contributed by atoms with Gasteiger partial charge in [-0.1, -0.05) is 29.4 Å². The van der Waals surface area contributed by atoms with Crippen molar-refractivity contribution in [1.82, 2.24) is 30.1 Å². The van der Waals surface area contributed by atoms with Crippen LogP contribution >= 0.6 is 0 Å². The molecule has 1 aliphatic heterocycles. The molecular weight excluding hydrogens is 406 g/mol. The molecule has 3 aromatic heterocycles. The largest absolute Gasteiger partial charge is 0.380 e. The zero-order valence-corrected chi connectivity index (χ0v) is 17.7. The van der Waals surface area contributed by atoms with Gasteiger partial charge in [0.2, 0.25) is 5.95 Å². The molecule has 1 saturated carbocycles. The summed E-state index contributed by atoms with van der Waals surface area (Å²) in [6, 6.07) is 8.41. The first-order valence-corrected chi connectivity index (χ1v) is 10.8. The van der Waals surface area contributed by atoms with Crippen molar-refractivity contribution in [2.45, 2.75) is 31.1 Å². The zero-order chi connectivity index (χ0) is 21.7. The van der Waals surface area contributed by atoms with Crippen LogP contribution in [0.15, 0.2) is 47.4 Å². The summed E-state index contributed by atoms with van der Waals surface area (Å²) in [4.78, 5) is 20.8. The summed E-state index contributed by atoms with van der Waals surface area (Å²) >= 11 is 0. The van der Waals surface area contributed by atoms with Gasteiger partial charge in [0.25, 0.3) is 5.89 Å². The van der Waals surface area contributed by atoms with Crippen LogP contribution in [0.3, 0.4) is 0 Å². The first kappa shape index (κ1) is 19.1. The van der Waals surface area contributed by atoms with E-state index < -0.39 is 0 Å². The van der Waals surface area contributed by atoms with Gasteiger partial charge in [-0.2, -0.15) is 4.98 Å². The molecule has 1 unspecified atom stereocenters. The van der Waals surface area contributed by atoms with E-state index in [0.717, 1.165) is 35.4 Å². The van der Waals surface area contributed by atoms with E-state index >= 15 is 0 Å². The van der Waals surface area contributed by atoms with E-state index in [1.807, 2.05) is 6.20 Å². The normalized spacial score (nSPS) is 18.3. The minimum Gasteiger partial charge on any atom is -0.380 e. The monoisotopic (exact) mass is 429 g/mol. The highest BCUT2D eigenvalue weighted by Gasteiger charge is 2.47. The third-order valence-electron chi connectivity index (χ3n) is 6.62. The van der Waals surface area contributed by atoms with Crippen molar-refractivity contribution < 1.29 is 9.26 Å². The van der Waals surface area contributed by atoms with E-state index in [2.05, 4.69) is 56.3 Å². The lowest BCUT2D eigenvalue weighted by Crippen LogP contribution is -2.28. The van der Waals surface area contributed by atoms with Gasteiger partial charge in [-0.15, -0.1) is 0 Å². The number of nitrogens with two attached hydrogens (primary N) is 1. The molecule has 9 nitrogen and oxygen atoms in total. The lowest BCUT2D eigenvalue weighted by atomic mass is 9.77. The van der Waals surface area contributed by atoms with Gasteiger partial charge in [-0.05, 0) is 36.8 Å². The van der Waals surface area contributed by atoms with E-state index in [-0.39, 0.29) is 11.4 Å². The van der Waals surface area contributed by atoms with Gasteiger partial charge in [-0.25, -0.2) is 15.0 Å². The Balaban J connectivity index is 1.31. The molecular formula is C23H23N7O2. The number of anilines is 1. The highest BCUT2D eigenvalue weighted by molar-refractivity contribution is 5.62. The summed E-state index contributed by atoms with van der Waals surface area (Å²) < 4.78 is 10.9. The number of imidazole rings is 1. The number of nitrogen functional groups attached to an aromatic ring is 1. The number of nitrogens with one attached hydrogen (secondary N) is 1. The Morgan fingerprint density at radius 3 is 2.44 bits per heavy atom. The van der Waals surface area contributed by atoms with Crippen LogP contribution in [0.4, 0.5) is 5.95 Å². The molecule has 1 atom stereocenters. The SMILES string of the molecule is CC(c1ccc(-c2cnc(N)nc2)cc1)(c1noc(-c2c[nH]c(C3COC3)n2)n1)C1CC1. The molecule has 32 heavy (non-hydrogen) atoms. The zero-order valence-electron chi connectivity index (χ0n) is 17.7. The van der Waals surface area contributed by atoms with Crippen molar-refractivity contribution in [2.75, 3.05) is 18.9 Å². The number of ether oxygens (including phenoxy) is 1. The molecule has 2 aliphatic rings. The van der Waals surface area contributed by atoms with Crippen molar-refractivity contribution in [3.05, 3.63) is 60.1 Å². The predicted octanol–water partition coefficient (Wildman–Crippen LogP) is 3.33. The van der Waals surface area contributed by atoms with Crippen LogP contribution < -0.4 is 5.73 Å². The summed E-state index contributed by atoms with van der Waals surface area (Å²) in [5, 5.41) is 4.38. The molecule has 4 aromatic rings. The molecule has 1 aliphatic carbocycles. The van der Waals surface area contributed by atoms with Crippen LogP contribution in [0.2, 0.25) is 0 Å². The standard InChI is InChI=1S/C23H23N7O2/c1-23(17-6-7-17,16-4-2-13(3-5-16)14-8-26-22(24)27-9-14)21-29-20(32-30-21)18-10-25-19(28-18)15-11-31-12-15/h2-5,8-10,15,17H,6-7,11-12H2,1H3,(H,25,28)(H2,24,26,27). The summed E-state index contributed by atoms with van der Waals surface area (Å²) in [6.45, 7) is 3.59. The number of rotatable bonds is 6. The maximum Gasteiger partial charge on any atom is 0.278 e. The number of hydrogen-bond donors (Lipinski definition) is 2. The van der Waals surface area contributed by atoms with Gasteiger partial charge in [0.15, 0.2) is 5.82 Å². The third kappa shape index (κ3) is 3.16. The second kappa shape index (κ2) is 7.23. The van der Waals surface area contributed by atoms with Gasteiger partial charge >= 0.3 is 0 Å². The van der Waals surface area contributed by atoms with E-state index in [9.17, 15) is 0 Å². The molecule has 0 radical (unpaired) electrons. The molecule has 9 heteroatoms. The van der Waals surface area contributed by atoms with Crippen molar-refractivity contribution in [2.24, 2.45) is 5.92 Å². The smallest absolute Gasteiger partial charge is 0.278 e. The number of aromatic amines is 1. The fourth-order valence-corrected chi connectivity index (χ4v) is 4.29. The highest BCUT2D eigenvalue weighted by Crippen LogP contribution is 2.50. The topological polar surface area (TPSA) is 129 Å². The maximum absolute atomic E-state index is 5.64. The highest BCUT2D eigenvalue weighted by atomic mass is 16.5. The first-order chi connectivity index (χ1) is 15.6. The van der Waals surface area contributed by atoms with Crippen LogP contribution in [0.1, 0.15) is 42.9 Å². The Kier molecular flexibility index (Phi) is 4.32. The van der Waals surface area contributed by atoms with Crippen molar-refractivity contribution >= 4 is 5.95 Å². The average molecular weight is 429 g/mol. The number of aromatic nitrogens is 6. The minimum atomic E-state index is -0.334. The van der Waals surface area contributed by atoms with Crippen LogP contribution in [0.5, 0.6) is 0 Å². The Labute approximate surface area is 184 Å². The molecule has 1 saturated heterocycles. The van der Waals surface area contributed by atoms with E-state index in [1.54, 1.807) is 12.4 Å². The quantitative estimate of drug-likeness (QED) is 0.477. The third-order valence-corrected chi connectivity index (χ3v) is 6.62. The predicted molar refractivity (Wildman–Crippen MR) is 116 cm³/mol. The minimum absolute atomic E-state index is 0.268. The average Bonchev–Trinajstić information content (AvgIpc) is 3.33. The molecule has 0 amide bonds. The molecule has 0 spiro atoms. The van der Waals surface area contributed by atoms with Crippen LogP contribution in [0.25, 0.3) is 22.7 Å². The van der Waals surface area contributed by atoms with Crippen molar-refractivity contribution in [3.8, 4) is 22.7 Å². The van der Waals surface area contributed by atoms with E-state index in [1.165, 1.54) is 0 Å². The van der Waals surface area contributed by atoms with Crippen LogP contribution in [0, 0.1) is 5.92 Å². The van der Waals surface area contributed by atoms with Crippen LogP contribution in [-0.4, -0.2) is 43.3 Å². The molecule has 2 fully saturated rings. The van der Waals surface area contributed by atoms with Gasteiger partial charge in [0, 0.05) is 24.2 Å². The summed E-state index contributed by atoms with van der Waals surface area (Å²) in [7, 11) is 0. The Morgan fingerprint density at radius 2 is 1.78 bits per heavy atom. The second-order valence-electron chi connectivity index (χ2n) is 8.71. The molecule has 4 heterocycles. The number of hydrogen-bond acceptors (Lipinski definition) is 8. The molecule has 3 N–H and O–H groups in total. The molecule has 0 bridgehead atoms. The fourth-order valence-electron chi connectivity index (χ4n) is 4.29. The second-order valence-corrected chi connectivity index (χ2v) is 8.71. The maximum atomic E-state index is 5.64. The molecule has 162 valence electrons. The van der Waals surface area contributed by atoms with Crippen LogP contribution in [-0.2, 0) is 10.2 Å². The number of H-pyrrole nitrogens is 1. The van der Waals surface area contributed by atoms with E-state index in [0.29, 0.717) is 42.5 Å². The summed E-state index contributed by atoms with van der Waals surface area (Å²) in [5.41, 5.74) is 9.05. The van der Waals surface area contributed by atoms with Gasteiger partial charge in [0.1, 0.15) is 11.5 Å². The number of nitrogens with zero attached hydrogens (tertiary/aromatic N) is 5. The van der Waals surface area contributed by atoms with Gasteiger partial charge in [0.05, 0.1) is 24.5 Å². The summed E-state index contributed by atoms with van der Waals surface area (Å²) in [6.07, 6.45) is 7.57. The van der Waals surface area contributed by atoms with Crippen molar-refractivity contribution in [1.29, 1.82) is 0 Å². The molecule has 1 aromatic carbocycles. The van der Waals surface area contributed by atoms with E-state index in [4.69, 9.17) is 20.0 Å². The Bertz CT molecular complexity index is 1240. The van der Waals surface area contributed by atoms with Gasteiger partial charge < -0.3 is 20.0 Å². The lowest BCUT2D eigenvalue weighted by Gasteiger charge is -2.27. The Morgan fingerprint density at radius 1 is 1.03 bits per heavy atom. The Hall–Kier alpha value is -3.59.